The number of unbranched alkanes of at least 4 members (excludes halogenated alkanes) is 5. The second kappa shape index (κ2) is 8.74. The Bertz CT molecular complexity index is 507. The molecule has 0 aromatic heterocycles. The molecule has 3 nitrogen and oxygen atoms in total. The molecule has 1 fully saturated rings. The van der Waals surface area contributed by atoms with Crippen molar-refractivity contribution in [3.8, 4) is 0 Å². The van der Waals surface area contributed by atoms with Gasteiger partial charge >= 0.3 is 5.97 Å². The van der Waals surface area contributed by atoms with Gasteiger partial charge < -0.3 is 9.47 Å². The summed E-state index contributed by atoms with van der Waals surface area (Å²) in [5.74, 6) is -0.292. The molecule has 1 heterocycles. The number of methoxy groups -OCH3 is 1. The van der Waals surface area contributed by atoms with Crippen LogP contribution in [0, 0.1) is 0 Å². The van der Waals surface area contributed by atoms with Crippen LogP contribution in [0.25, 0.3) is 6.08 Å². The maximum atomic E-state index is 11.5. The highest BCUT2D eigenvalue weighted by Gasteiger charge is 2.47. The van der Waals surface area contributed by atoms with Crippen molar-refractivity contribution in [2.45, 2.75) is 57.7 Å². The van der Waals surface area contributed by atoms with E-state index in [1.807, 2.05) is 18.2 Å². The lowest BCUT2D eigenvalue weighted by Gasteiger charge is -2.02. The zero-order valence-electron chi connectivity index (χ0n) is 13.6. The second-order valence-electron chi connectivity index (χ2n) is 5.73. The molecule has 1 aliphatic heterocycles. The van der Waals surface area contributed by atoms with Gasteiger partial charge in [-0.3, -0.25) is 0 Å². The molecule has 0 N–H and O–H groups in total. The summed E-state index contributed by atoms with van der Waals surface area (Å²) in [5.41, 5.74) is 2.20. The molecule has 1 aromatic carbocycles. The molecule has 0 unspecified atom stereocenters. The van der Waals surface area contributed by atoms with Crippen LogP contribution in [0.4, 0.5) is 0 Å². The van der Waals surface area contributed by atoms with Crippen LogP contribution < -0.4 is 0 Å². The molecule has 3 heteroatoms. The van der Waals surface area contributed by atoms with E-state index in [2.05, 4.69) is 25.1 Å². The molecule has 22 heavy (non-hydrogen) atoms. The number of hydrogen-bond acceptors (Lipinski definition) is 3. The van der Waals surface area contributed by atoms with E-state index >= 15 is 0 Å². The lowest BCUT2D eigenvalue weighted by Crippen LogP contribution is -2.09. The summed E-state index contributed by atoms with van der Waals surface area (Å²) in [7, 11) is 1.39. The number of carbonyl (C=O) groups excluding carboxylic acids is 1. The lowest BCUT2D eigenvalue weighted by atomic mass is 10.0. The van der Waals surface area contributed by atoms with Gasteiger partial charge in [0.25, 0.3) is 0 Å². The molecule has 0 spiro atoms. The van der Waals surface area contributed by atoms with Crippen molar-refractivity contribution >= 4 is 12.0 Å². The minimum atomic E-state index is -0.436. The second-order valence-corrected chi connectivity index (χ2v) is 5.73. The Morgan fingerprint density at radius 3 is 2.77 bits per heavy atom. The Morgan fingerprint density at radius 2 is 2.00 bits per heavy atom. The SMILES string of the molecule is CCCCCCCC=Cc1ccccc1[C@@H]1O[C@H]1C(=O)OC. The Kier molecular flexibility index (Phi) is 6.66. The summed E-state index contributed by atoms with van der Waals surface area (Å²) >= 11 is 0. The number of allylic oxidation sites excluding steroid dienone is 1. The maximum Gasteiger partial charge on any atom is 0.338 e. The third kappa shape index (κ3) is 4.70. The van der Waals surface area contributed by atoms with Crippen LogP contribution in [0.5, 0.6) is 0 Å². The number of benzene rings is 1. The van der Waals surface area contributed by atoms with Gasteiger partial charge in [0.1, 0.15) is 6.10 Å². The van der Waals surface area contributed by atoms with Gasteiger partial charge in [0.05, 0.1) is 7.11 Å². The largest absolute Gasteiger partial charge is 0.467 e. The number of epoxide rings is 1. The monoisotopic (exact) mass is 302 g/mol. The minimum Gasteiger partial charge on any atom is -0.467 e. The van der Waals surface area contributed by atoms with Gasteiger partial charge in [-0.1, -0.05) is 69.0 Å². The topological polar surface area (TPSA) is 38.8 Å². The van der Waals surface area contributed by atoms with E-state index in [0.717, 1.165) is 17.5 Å². The van der Waals surface area contributed by atoms with Crippen molar-refractivity contribution in [1.82, 2.24) is 0 Å². The fourth-order valence-electron chi connectivity index (χ4n) is 2.64. The molecule has 1 aliphatic rings. The van der Waals surface area contributed by atoms with Crippen molar-refractivity contribution < 1.29 is 14.3 Å². The van der Waals surface area contributed by atoms with Crippen molar-refractivity contribution in [2.75, 3.05) is 7.11 Å². The number of carbonyl (C=O) groups is 1. The maximum absolute atomic E-state index is 11.5. The Balaban J connectivity index is 1.86. The number of rotatable bonds is 9. The first-order chi connectivity index (χ1) is 10.8. The summed E-state index contributed by atoms with van der Waals surface area (Å²) in [6.07, 6.45) is 11.4. The zero-order chi connectivity index (χ0) is 15.8. The highest BCUT2D eigenvalue weighted by Crippen LogP contribution is 2.41. The molecular weight excluding hydrogens is 276 g/mol. The van der Waals surface area contributed by atoms with Crippen molar-refractivity contribution in [3.05, 3.63) is 41.5 Å². The predicted octanol–water partition coefficient (Wildman–Crippen LogP) is 4.67. The first-order valence-corrected chi connectivity index (χ1v) is 8.26. The molecule has 2 rings (SSSR count). The minimum absolute atomic E-state index is 0.155. The fourth-order valence-corrected chi connectivity index (χ4v) is 2.64. The number of ether oxygens (including phenoxy) is 2. The molecule has 120 valence electrons. The molecule has 0 saturated carbocycles. The predicted molar refractivity (Wildman–Crippen MR) is 88.5 cm³/mol. The van der Waals surface area contributed by atoms with Crippen LogP contribution >= 0.6 is 0 Å². The van der Waals surface area contributed by atoms with E-state index in [4.69, 9.17) is 9.47 Å². The summed E-state index contributed by atoms with van der Waals surface area (Å²) < 4.78 is 10.2. The van der Waals surface area contributed by atoms with Crippen LogP contribution in [0.1, 0.15) is 62.7 Å². The van der Waals surface area contributed by atoms with Gasteiger partial charge in [-0.2, -0.15) is 0 Å². The van der Waals surface area contributed by atoms with E-state index in [1.165, 1.54) is 39.2 Å². The van der Waals surface area contributed by atoms with Gasteiger partial charge in [0.15, 0.2) is 6.10 Å². The van der Waals surface area contributed by atoms with E-state index in [9.17, 15) is 4.79 Å². The van der Waals surface area contributed by atoms with Crippen molar-refractivity contribution in [1.29, 1.82) is 0 Å². The summed E-state index contributed by atoms with van der Waals surface area (Å²) in [4.78, 5) is 11.5. The van der Waals surface area contributed by atoms with Gasteiger partial charge in [-0.25, -0.2) is 4.79 Å². The van der Waals surface area contributed by atoms with Crippen molar-refractivity contribution in [2.24, 2.45) is 0 Å². The standard InChI is InChI=1S/C19H26O3/c1-3-4-5-6-7-8-9-12-15-13-10-11-14-16(15)17-18(22-17)19(20)21-2/h9-14,17-18H,3-8H2,1-2H3/t17-,18+/m0/s1. The third-order valence-corrected chi connectivity index (χ3v) is 4.00. The van der Waals surface area contributed by atoms with Gasteiger partial charge in [-0.15, -0.1) is 0 Å². The lowest BCUT2D eigenvalue weighted by molar-refractivity contribution is -0.142. The summed E-state index contributed by atoms with van der Waals surface area (Å²) in [5, 5.41) is 0. The summed E-state index contributed by atoms with van der Waals surface area (Å²) in [6, 6.07) is 8.08. The summed E-state index contributed by atoms with van der Waals surface area (Å²) in [6.45, 7) is 2.23. The van der Waals surface area contributed by atoms with E-state index in [0.29, 0.717) is 0 Å². The zero-order valence-corrected chi connectivity index (χ0v) is 13.6. The van der Waals surface area contributed by atoms with Crippen LogP contribution in [0.3, 0.4) is 0 Å². The molecule has 1 aromatic rings. The van der Waals surface area contributed by atoms with Crippen LogP contribution in [-0.2, 0) is 14.3 Å². The van der Waals surface area contributed by atoms with E-state index in [1.54, 1.807) is 0 Å². The molecule has 0 radical (unpaired) electrons. The van der Waals surface area contributed by atoms with Gasteiger partial charge in [0, 0.05) is 0 Å². The molecule has 0 bridgehead atoms. The van der Waals surface area contributed by atoms with Crippen LogP contribution in [-0.4, -0.2) is 19.2 Å². The quantitative estimate of drug-likeness (QED) is 0.378. The Labute approximate surface area is 133 Å². The van der Waals surface area contributed by atoms with E-state index < -0.39 is 6.10 Å². The number of esters is 1. The Hall–Kier alpha value is -1.61. The Morgan fingerprint density at radius 1 is 1.23 bits per heavy atom. The first-order valence-electron chi connectivity index (χ1n) is 8.26. The van der Waals surface area contributed by atoms with Crippen LogP contribution in [0.15, 0.2) is 30.3 Å². The van der Waals surface area contributed by atoms with Crippen LogP contribution in [0.2, 0.25) is 0 Å². The molecule has 0 amide bonds. The molecule has 0 aliphatic carbocycles. The average Bonchev–Trinajstić information content (AvgIpc) is 3.34. The molecule has 1 saturated heterocycles. The van der Waals surface area contributed by atoms with Gasteiger partial charge in [0.2, 0.25) is 0 Å². The highest BCUT2D eigenvalue weighted by atomic mass is 16.6. The number of hydrogen-bond donors (Lipinski definition) is 0. The normalized spacial score (nSPS) is 20.3. The fraction of sp³-hybridized carbons (Fsp3) is 0.526. The molecule has 2 atom stereocenters. The smallest absolute Gasteiger partial charge is 0.338 e. The first kappa shape index (κ1) is 16.8. The highest BCUT2D eigenvalue weighted by molar-refractivity contribution is 5.78. The third-order valence-electron chi connectivity index (χ3n) is 4.00. The van der Waals surface area contributed by atoms with Gasteiger partial charge in [-0.05, 0) is 24.0 Å². The van der Waals surface area contributed by atoms with Crippen molar-refractivity contribution in [3.63, 3.8) is 0 Å². The van der Waals surface area contributed by atoms with E-state index in [-0.39, 0.29) is 12.1 Å². The molecular formula is C19H26O3. The average molecular weight is 302 g/mol.